The zero-order chi connectivity index (χ0) is 13.4. The predicted molar refractivity (Wildman–Crippen MR) is 67.3 cm³/mol. The van der Waals surface area contributed by atoms with Gasteiger partial charge in [0.15, 0.2) is 0 Å². The monoisotopic (exact) mass is 257 g/mol. The van der Waals surface area contributed by atoms with E-state index in [0.29, 0.717) is 26.1 Å². The highest BCUT2D eigenvalue weighted by Crippen LogP contribution is 2.27. The number of carboxylic acid groups (broad SMARTS) is 1. The molecule has 1 fully saturated rings. The molecule has 1 amide bonds. The minimum absolute atomic E-state index is 0.225. The third kappa shape index (κ3) is 4.29. The summed E-state index contributed by atoms with van der Waals surface area (Å²) in [6.07, 6.45) is 5.10. The van der Waals surface area contributed by atoms with Crippen LogP contribution in [0, 0.1) is 0 Å². The number of aliphatic carboxylic acids is 1. The number of carboxylic acids is 1. The highest BCUT2D eigenvalue weighted by molar-refractivity contribution is 5.87. The Morgan fingerprint density at radius 2 is 1.83 bits per heavy atom. The van der Waals surface area contributed by atoms with E-state index in [-0.39, 0.29) is 12.3 Å². The maximum atomic E-state index is 11.8. The summed E-state index contributed by atoms with van der Waals surface area (Å²) in [6.45, 7) is 2.78. The second-order valence-corrected chi connectivity index (χ2v) is 4.80. The van der Waals surface area contributed by atoms with Crippen molar-refractivity contribution in [3.8, 4) is 0 Å². The van der Waals surface area contributed by atoms with E-state index >= 15 is 0 Å². The number of carbonyl (C=O) groups excluding carboxylic acids is 1. The van der Waals surface area contributed by atoms with Crippen LogP contribution in [0.15, 0.2) is 0 Å². The fraction of sp³-hybridized carbons (Fsp3) is 0.846. The molecule has 0 aliphatic heterocycles. The Hall–Kier alpha value is -1.10. The first-order valence-electron chi connectivity index (χ1n) is 6.73. The first-order valence-corrected chi connectivity index (χ1v) is 6.73. The van der Waals surface area contributed by atoms with Gasteiger partial charge in [-0.2, -0.15) is 0 Å². The van der Waals surface area contributed by atoms with Gasteiger partial charge in [0.2, 0.25) is 5.91 Å². The summed E-state index contributed by atoms with van der Waals surface area (Å²) in [6, 6.07) is 0. The van der Waals surface area contributed by atoms with Gasteiger partial charge in [-0.3, -0.25) is 4.79 Å². The Kier molecular flexibility index (Phi) is 6.12. The molecule has 1 aliphatic carbocycles. The minimum atomic E-state index is -1.06. The van der Waals surface area contributed by atoms with Gasteiger partial charge in [-0.25, -0.2) is 4.79 Å². The highest BCUT2D eigenvalue weighted by atomic mass is 16.5. The Balaban J connectivity index is 2.55. The van der Waals surface area contributed by atoms with Crippen molar-refractivity contribution in [1.29, 1.82) is 0 Å². The van der Waals surface area contributed by atoms with Gasteiger partial charge in [0.1, 0.15) is 5.54 Å². The number of hydrogen-bond acceptors (Lipinski definition) is 3. The SMILES string of the molecule is CCOCCC(=O)NC1(C(=O)O)CCCCCC1. The van der Waals surface area contributed by atoms with E-state index in [4.69, 9.17) is 4.74 Å². The normalized spacial score (nSPS) is 18.9. The first kappa shape index (κ1) is 15.0. The molecule has 0 spiro atoms. The minimum Gasteiger partial charge on any atom is -0.480 e. The van der Waals surface area contributed by atoms with E-state index in [0.717, 1.165) is 25.7 Å². The van der Waals surface area contributed by atoms with E-state index in [1.807, 2.05) is 6.92 Å². The number of rotatable bonds is 6. The van der Waals surface area contributed by atoms with Crippen molar-refractivity contribution in [3.63, 3.8) is 0 Å². The van der Waals surface area contributed by atoms with Gasteiger partial charge in [-0.05, 0) is 19.8 Å². The molecule has 18 heavy (non-hydrogen) atoms. The molecule has 1 saturated carbocycles. The number of nitrogens with one attached hydrogen (secondary N) is 1. The Bertz CT molecular complexity index is 283. The maximum absolute atomic E-state index is 11.8. The van der Waals surface area contributed by atoms with Gasteiger partial charge in [-0.1, -0.05) is 25.7 Å². The Morgan fingerprint density at radius 3 is 2.33 bits per heavy atom. The maximum Gasteiger partial charge on any atom is 0.329 e. The van der Waals surface area contributed by atoms with Gasteiger partial charge in [0.05, 0.1) is 6.61 Å². The second-order valence-electron chi connectivity index (χ2n) is 4.80. The summed E-state index contributed by atoms with van der Waals surface area (Å²) >= 11 is 0. The molecule has 0 aromatic heterocycles. The second kappa shape index (κ2) is 7.36. The van der Waals surface area contributed by atoms with Crippen LogP contribution in [0.25, 0.3) is 0 Å². The summed E-state index contributed by atoms with van der Waals surface area (Å²) < 4.78 is 5.10. The van der Waals surface area contributed by atoms with Crippen molar-refractivity contribution in [3.05, 3.63) is 0 Å². The zero-order valence-electron chi connectivity index (χ0n) is 11.0. The van der Waals surface area contributed by atoms with E-state index in [2.05, 4.69) is 5.32 Å². The summed E-state index contributed by atoms with van der Waals surface area (Å²) in [5.74, 6) is -1.14. The van der Waals surface area contributed by atoms with Gasteiger partial charge in [-0.15, -0.1) is 0 Å². The lowest BCUT2D eigenvalue weighted by atomic mass is 9.90. The van der Waals surface area contributed by atoms with Crippen LogP contribution < -0.4 is 5.32 Å². The van der Waals surface area contributed by atoms with Crippen LogP contribution in [0.3, 0.4) is 0 Å². The van der Waals surface area contributed by atoms with Crippen LogP contribution in [0.4, 0.5) is 0 Å². The van der Waals surface area contributed by atoms with E-state index in [1.165, 1.54) is 0 Å². The van der Waals surface area contributed by atoms with Gasteiger partial charge >= 0.3 is 5.97 Å². The predicted octanol–water partition coefficient (Wildman–Crippen LogP) is 1.71. The molecule has 0 bridgehead atoms. The van der Waals surface area contributed by atoms with E-state index in [9.17, 15) is 14.7 Å². The third-order valence-electron chi connectivity index (χ3n) is 3.42. The largest absolute Gasteiger partial charge is 0.480 e. The van der Waals surface area contributed by atoms with Gasteiger partial charge in [0.25, 0.3) is 0 Å². The molecule has 0 radical (unpaired) electrons. The molecule has 1 rings (SSSR count). The summed E-state index contributed by atoms with van der Waals surface area (Å²) in [7, 11) is 0. The fourth-order valence-electron chi connectivity index (χ4n) is 2.36. The molecule has 104 valence electrons. The molecular weight excluding hydrogens is 234 g/mol. The van der Waals surface area contributed by atoms with Crippen molar-refractivity contribution in [2.75, 3.05) is 13.2 Å². The standard InChI is InChI=1S/C13H23NO4/c1-2-18-10-7-11(15)14-13(12(16)17)8-5-3-4-6-9-13/h2-10H2,1H3,(H,14,15)(H,16,17). The van der Waals surface area contributed by atoms with E-state index in [1.54, 1.807) is 0 Å². The first-order chi connectivity index (χ1) is 8.60. The summed E-state index contributed by atoms with van der Waals surface area (Å²) in [5, 5.41) is 12.1. The molecule has 5 heteroatoms. The van der Waals surface area contributed by atoms with Crippen LogP contribution >= 0.6 is 0 Å². The number of ether oxygens (including phenoxy) is 1. The number of hydrogen-bond donors (Lipinski definition) is 2. The topological polar surface area (TPSA) is 75.6 Å². The Labute approximate surface area is 108 Å². The van der Waals surface area contributed by atoms with Crippen molar-refractivity contribution in [2.45, 2.75) is 57.4 Å². The third-order valence-corrected chi connectivity index (χ3v) is 3.42. The van der Waals surface area contributed by atoms with Gasteiger partial charge in [0, 0.05) is 13.0 Å². The molecule has 2 N–H and O–H groups in total. The fourth-order valence-corrected chi connectivity index (χ4v) is 2.36. The average molecular weight is 257 g/mol. The lowest BCUT2D eigenvalue weighted by molar-refractivity contribution is -0.148. The molecule has 0 aromatic carbocycles. The average Bonchev–Trinajstić information content (AvgIpc) is 2.56. The Morgan fingerprint density at radius 1 is 1.22 bits per heavy atom. The molecule has 0 heterocycles. The van der Waals surface area contributed by atoms with Crippen LogP contribution in [0.1, 0.15) is 51.9 Å². The van der Waals surface area contributed by atoms with Crippen LogP contribution in [-0.4, -0.2) is 35.7 Å². The van der Waals surface area contributed by atoms with Crippen LogP contribution in [0.2, 0.25) is 0 Å². The molecular formula is C13H23NO4. The molecule has 0 aromatic rings. The van der Waals surface area contributed by atoms with E-state index < -0.39 is 11.5 Å². The smallest absolute Gasteiger partial charge is 0.329 e. The van der Waals surface area contributed by atoms with Gasteiger partial charge < -0.3 is 15.2 Å². The van der Waals surface area contributed by atoms with Crippen molar-refractivity contribution < 1.29 is 19.4 Å². The number of amides is 1. The lowest BCUT2D eigenvalue weighted by Crippen LogP contribution is -2.54. The molecule has 0 atom stereocenters. The molecule has 0 saturated heterocycles. The summed E-state index contributed by atoms with van der Waals surface area (Å²) in [5.41, 5.74) is -1.06. The molecule has 0 unspecified atom stereocenters. The number of carbonyl (C=O) groups is 2. The highest BCUT2D eigenvalue weighted by Gasteiger charge is 2.39. The lowest BCUT2D eigenvalue weighted by Gasteiger charge is -2.29. The van der Waals surface area contributed by atoms with Crippen molar-refractivity contribution in [2.24, 2.45) is 0 Å². The molecule has 1 aliphatic rings. The van der Waals surface area contributed by atoms with Crippen LogP contribution in [0.5, 0.6) is 0 Å². The van der Waals surface area contributed by atoms with Crippen molar-refractivity contribution in [1.82, 2.24) is 5.32 Å². The summed E-state index contributed by atoms with van der Waals surface area (Å²) in [4.78, 5) is 23.2. The van der Waals surface area contributed by atoms with Crippen molar-refractivity contribution >= 4 is 11.9 Å². The van der Waals surface area contributed by atoms with Crippen LogP contribution in [-0.2, 0) is 14.3 Å². The quantitative estimate of drug-likeness (QED) is 0.561. The zero-order valence-corrected chi connectivity index (χ0v) is 11.0. The molecule has 5 nitrogen and oxygen atoms in total.